The van der Waals surface area contributed by atoms with E-state index >= 15 is 0 Å². The second kappa shape index (κ2) is 4.57. The standard InChI is InChI=1S/C16H15NO/c18-15-8-4-7-13-11-14(17-16(13)15)10-9-12-5-2-1-3-6-12/h1-8,11,17-18H,9-10H2. The number of hydrogen-bond donors (Lipinski definition) is 2. The molecule has 3 rings (SSSR count). The molecular formula is C16H15NO. The number of aromatic hydroxyl groups is 1. The molecule has 1 heterocycles. The molecule has 0 aliphatic rings. The van der Waals surface area contributed by atoms with Crippen LogP contribution in [0.5, 0.6) is 5.75 Å². The van der Waals surface area contributed by atoms with Crippen LogP contribution in [0.15, 0.2) is 54.6 Å². The van der Waals surface area contributed by atoms with E-state index in [1.54, 1.807) is 6.07 Å². The lowest BCUT2D eigenvalue weighted by Crippen LogP contribution is -1.90. The van der Waals surface area contributed by atoms with Gasteiger partial charge in [0.2, 0.25) is 0 Å². The number of para-hydroxylation sites is 1. The molecular weight excluding hydrogens is 222 g/mol. The van der Waals surface area contributed by atoms with Crippen LogP contribution in [0.1, 0.15) is 11.3 Å². The summed E-state index contributed by atoms with van der Waals surface area (Å²) in [5, 5.41) is 10.8. The lowest BCUT2D eigenvalue weighted by molar-refractivity contribution is 0.480. The monoisotopic (exact) mass is 237 g/mol. The molecule has 0 bridgehead atoms. The predicted molar refractivity (Wildman–Crippen MR) is 73.8 cm³/mol. The van der Waals surface area contributed by atoms with E-state index in [9.17, 15) is 5.11 Å². The predicted octanol–water partition coefficient (Wildman–Crippen LogP) is 3.66. The third kappa shape index (κ3) is 2.09. The summed E-state index contributed by atoms with van der Waals surface area (Å²) >= 11 is 0. The van der Waals surface area contributed by atoms with Gasteiger partial charge in [-0.15, -0.1) is 0 Å². The molecule has 0 saturated carbocycles. The zero-order valence-corrected chi connectivity index (χ0v) is 10.1. The lowest BCUT2D eigenvalue weighted by atomic mass is 10.1. The Morgan fingerprint density at radius 3 is 2.50 bits per heavy atom. The first kappa shape index (κ1) is 10.9. The Hall–Kier alpha value is -2.22. The van der Waals surface area contributed by atoms with E-state index in [1.807, 2.05) is 18.2 Å². The van der Waals surface area contributed by atoms with Gasteiger partial charge in [0.1, 0.15) is 5.75 Å². The van der Waals surface area contributed by atoms with E-state index < -0.39 is 0 Å². The first-order chi connectivity index (χ1) is 8.83. The number of phenolic OH excluding ortho intramolecular Hbond substituents is 1. The number of nitrogens with one attached hydrogen (secondary N) is 1. The van der Waals surface area contributed by atoms with Gasteiger partial charge in [0, 0.05) is 11.1 Å². The Bertz CT molecular complexity index is 655. The molecule has 0 radical (unpaired) electrons. The number of aromatic amines is 1. The Kier molecular flexibility index (Phi) is 2.77. The summed E-state index contributed by atoms with van der Waals surface area (Å²) in [6, 6.07) is 18.1. The summed E-state index contributed by atoms with van der Waals surface area (Å²) < 4.78 is 0. The number of rotatable bonds is 3. The summed E-state index contributed by atoms with van der Waals surface area (Å²) in [7, 11) is 0. The summed E-state index contributed by atoms with van der Waals surface area (Å²) in [5.41, 5.74) is 3.33. The summed E-state index contributed by atoms with van der Waals surface area (Å²) in [6.45, 7) is 0. The molecule has 2 N–H and O–H groups in total. The van der Waals surface area contributed by atoms with Crippen molar-refractivity contribution in [3.8, 4) is 5.75 Å². The van der Waals surface area contributed by atoms with Crippen molar-refractivity contribution in [1.29, 1.82) is 0 Å². The van der Waals surface area contributed by atoms with Gasteiger partial charge in [0.25, 0.3) is 0 Å². The quantitative estimate of drug-likeness (QED) is 0.716. The first-order valence-corrected chi connectivity index (χ1v) is 6.16. The molecule has 0 atom stereocenters. The molecule has 90 valence electrons. The zero-order valence-electron chi connectivity index (χ0n) is 10.1. The molecule has 0 spiro atoms. The van der Waals surface area contributed by atoms with Gasteiger partial charge in [-0.05, 0) is 30.5 Å². The second-order valence-corrected chi connectivity index (χ2v) is 4.52. The highest BCUT2D eigenvalue weighted by atomic mass is 16.3. The number of benzene rings is 2. The number of fused-ring (bicyclic) bond motifs is 1. The van der Waals surface area contributed by atoms with Crippen molar-refractivity contribution in [1.82, 2.24) is 4.98 Å². The fraction of sp³-hybridized carbons (Fsp3) is 0.125. The molecule has 0 saturated heterocycles. The molecule has 0 aliphatic heterocycles. The van der Waals surface area contributed by atoms with Crippen molar-refractivity contribution in [2.45, 2.75) is 12.8 Å². The maximum absolute atomic E-state index is 9.74. The maximum atomic E-state index is 9.74. The zero-order chi connectivity index (χ0) is 12.4. The van der Waals surface area contributed by atoms with Crippen LogP contribution >= 0.6 is 0 Å². The van der Waals surface area contributed by atoms with E-state index in [0.717, 1.165) is 29.4 Å². The van der Waals surface area contributed by atoms with E-state index in [2.05, 4.69) is 35.3 Å². The normalized spacial score (nSPS) is 10.9. The molecule has 18 heavy (non-hydrogen) atoms. The average molecular weight is 237 g/mol. The molecule has 2 aromatic carbocycles. The molecule has 3 aromatic rings. The SMILES string of the molecule is Oc1cccc2cc(CCc3ccccc3)[nH]c12. The van der Waals surface area contributed by atoms with Crippen molar-refractivity contribution in [3.05, 3.63) is 65.9 Å². The molecule has 0 amide bonds. The van der Waals surface area contributed by atoms with Crippen LogP contribution in [-0.4, -0.2) is 10.1 Å². The van der Waals surface area contributed by atoms with Gasteiger partial charge in [0.15, 0.2) is 0 Å². The van der Waals surface area contributed by atoms with Crippen LogP contribution in [0.3, 0.4) is 0 Å². The van der Waals surface area contributed by atoms with Gasteiger partial charge in [0.05, 0.1) is 5.52 Å². The highest BCUT2D eigenvalue weighted by Gasteiger charge is 2.04. The van der Waals surface area contributed by atoms with Gasteiger partial charge in [-0.1, -0.05) is 42.5 Å². The fourth-order valence-corrected chi connectivity index (χ4v) is 2.26. The van der Waals surface area contributed by atoms with Crippen LogP contribution < -0.4 is 0 Å². The minimum Gasteiger partial charge on any atom is -0.506 e. The summed E-state index contributed by atoms with van der Waals surface area (Å²) in [5.74, 6) is 0.318. The molecule has 2 heteroatoms. The van der Waals surface area contributed by atoms with E-state index in [0.29, 0.717) is 5.75 Å². The number of aryl methyl sites for hydroxylation is 2. The van der Waals surface area contributed by atoms with E-state index in [4.69, 9.17) is 0 Å². The van der Waals surface area contributed by atoms with Gasteiger partial charge >= 0.3 is 0 Å². The number of H-pyrrole nitrogens is 1. The van der Waals surface area contributed by atoms with Crippen molar-refractivity contribution in [3.63, 3.8) is 0 Å². The van der Waals surface area contributed by atoms with Crippen LogP contribution in [0.25, 0.3) is 10.9 Å². The molecule has 0 unspecified atom stereocenters. The van der Waals surface area contributed by atoms with Gasteiger partial charge in [-0.2, -0.15) is 0 Å². The average Bonchev–Trinajstić information content (AvgIpc) is 2.82. The highest BCUT2D eigenvalue weighted by Crippen LogP contribution is 2.24. The Labute approximate surface area is 106 Å². The van der Waals surface area contributed by atoms with Crippen LogP contribution in [-0.2, 0) is 12.8 Å². The fourth-order valence-electron chi connectivity index (χ4n) is 2.26. The number of aromatic nitrogens is 1. The van der Waals surface area contributed by atoms with Gasteiger partial charge in [-0.3, -0.25) is 0 Å². The number of hydrogen-bond acceptors (Lipinski definition) is 1. The molecule has 0 aliphatic carbocycles. The Morgan fingerprint density at radius 2 is 1.72 bits per heavy atom. The summed E-state index contributed by atoms with van der Waals surface area (Å²) in [6.07, 6.45) is 1.96. The third-order valence-electron chi connectivity index (χ3n) is 3.22. The minimum atomic E-state index is 0.318. The second-order valence-electron chi connectivity index (χ2n) is 4.52. The van der Waals surface area contributed by atoms with Gasteiger partial charge < -0.3 is 10.1 Å². The van der Waals surface area contributed by atoms with E-state index in [-0.39, 0.29) is 0 Å². The maximum Gasteiger partial charge on any atom is 0.139 e. The van der Waals surface area contributed by atoms with E-state index in [1.165, 1.54) is 5.56 Å². The topological polar surface area (TPSA) is 36.0 Å². The van der Waals surface area contributed by atoms with Crippen LogP contribution in [0.4, 0.5) is 0 Å². The molecule has 2 nitrogen and oxygen atoms in total. The van der Waals surface area contributed by atoms with Crippen molar-refractivity contribution < 1.29 is 5.11 Å². The van der Waals surface area contributed by atoms with Gasteiger partial charge in [-0.25, -0.2) is 0 Å². The van der Waals surface area contributed by atoms with Crippen molar-refractivity contribution >= 4 is 10.9 Å². The Morgan fingerprint density at radius 1 is 0.889 bits per heavy atom. The lowest BCUT2D eigenvalue weighted by Gasteiger charge is -1.99. The van der Waals surface area contributed by atoms with Crippen molar-refractivity contribution in [2.24, 2.45) is 0 Å². The smallest absolute Gasteiger partial charge is 0.139 e. The Balaban J connectivity index is 1.81. The number of phenols is 1. The highest BCUT2D eigenvalue weighted by molar-refractivity contribution is 5.85. The van der Waals surface area contributed by atoms with Crippen LogP contribution in [0.2, 0.25) is 0 Å². The minimum absolute atomic E-state index is 0.318. The van der Waals surface area contributed by atoms with Crippen LogP contribution in [0, 0.1) is 0 Å². The first-order valence-electron chi connectivity index (χ1n) is 6.16. The van der Waals surface area contributed by atoms with Crippen molar-refractivity contribution in [2.75, 3.05) is 0 Å². The third-order valence-corrected chi connectivity index (χ3v) is 3.22. The summed E-state index contributed by atoms with van der Waals surface area (Å²) in [4.78, 5) is 3.28. The largest absolute Gasteiger partial charge is 0.506 e. The molecule has 0 fully saturated rings. The molecule has 1 aromatic heterocycles.